The second kappa shape index (κ2) is 26.0. The van der Waals surface area contributed by atoms with Crippen molar-refractivity contribution >= 4 is 11.9 Å². The van der Waals surface area contributed by atoms with Gasteiger partial charge in [-0.25, -0.2) is 0 Å². The quantitative estimate of drug-likeness (QED) is 0.0959. The van der Waals surface area contributed by atoms with Crippen LogP contribution in [0.4, 0.5) is 0 Å². The zero-order valence-electron chi connectivity index (χ0n) is 23.5. The van der Waals surface area contributed by atoms with E-state index >= 15 is 0 Å². The van der Waals surface area contributed by atoms with Gasteiger partial charge in [0.15, 0.2) is 6.10 Å². The number of ether oxygens (including phenoxy) is 2. The first-order valence-corrected chi connectivity index (χ1v) is 15.0. The zero-order chi connectivity index (χ0) is 26.0. The van der Waals surface area contributed by atoms with Gasteiger partial charge >= 0.3 is 11.9 Å². The minimum Gasteiger partial charge on any atom is -0.462 e. The number of aliphatic hydroxyl groups excluding tert-OH is 1. The van der Waals surface area contributed by atoms with Crippen molar-refractivity contribution in [3.63, 3.8) is 0 Å². The summed E-state index contributed by atoms with van der Waals surface area (Å²) in [6.07, 6.45) is 23.3. The molecule has 0 bridgehead atoms. The summed E-state index contributed by atoms with van der Waals surface area (Å²) in [4.78, 5) is 23.8. The molecule has 0 saturated heterocycles. The molecule has 0 saturated carbocycles. The van der Waals surface area contributed by atoms with Crippen molar-refractivity contribution in [2.75, 3.05) is 13.2 Å². The Hall–Kier alpha value is -1.10. The predicted molar refractivity (Wildman–Crippen MR) is 145 cm³/mol. The summed E-state index contributed by atoms with van der Waals surface area (Å²) in [5.41, 5.74) is 0. The lowest BCUT2D eigenvalue weighted by atomic mass is 10.0. The maximum absolute atomic E-state index is 12.0. The second-order valence-corrected chi connectivity index (χ2v) is 10.7. The van der Waals surface area contributed by atoms with E-state index < -0.39 is 6.10 Å². The second-order valence-electron chi connectivity index (χ2n) is 10.7. The number of hydrogen-bond acceptors (Lipinski definition) is 5. The predicted octanol–water partition coefficient (Wildman–Crippen LogP) is 8.30. The highest BCUT2D eigenvalue weighted by Gasteiger charge is 2.16. The molecule has 0 aliphatic heterocycles. The van der Waals surface area contributed by atoms with Crippen LogP contribution in [-0.2, 0) is 19.1 Å². The Labute approximate surface area is 217 Å². The fourth-order valence-corrected chi connectivity index (χ4v) is 4.27. The van der Waals surface area contributed by atoms with E-state index in [0.717, 1.165) is 44.4 Å². The molecule has 0 aliphatic rings. The molecule has 1 atom stereocenters. The average molecular weight is 499 g/mol. The van der Waals surface area contributed by atoms with Crippen LogP contribution in [0.3, 0.4) is 0 Å². The molecule has 0 spiro atoms. The summed E-state index contributed by atoms with van der Waals surface area (Å²) in [7, 11) is 0. The standard InChI is InChI=1S/C30H58O5/c1-4-5-6-16-20-23-29(32)34-26-28(25-31)35-30(33)24-21-18-15-13-11-9-7-8-10-12-14-17-19-22-27(2)3/h27-28,31H,4-26H2,1-3H3/t28-/m0/s1. The molecule has 0 rings (SSSR count). The third kappa shape index (κ3) is 25.8. The molecule has 0 unspecified atom stereocenters. The van der Waals surface area contributed by atoms with Gasteiger partial charge in [-0.1, -0.05) is 130 Å². The number of carbonyl (C=O) groups is 2. The Kier molecular flexibility index (Phi) is 25.2. The first-order valence-electron chi connectivity index (χ1n) is 15.0. The molecule has 0 aromatic heterocycles. The molecular weight excluding hydrogens is 440 g/mol. The normalized spacial score (nSPS) is 12.1. The molecule has 0 aliphatic carbocycles. The Bertz CT molecular complexity index is 477. The lowest BCUT2D eigenvalue weighted by Gasteiger charge is -2.15. The molecule has 1 N–H and O–H groups in total. The highest BCUT2D eigenvalue weighted by Crippen LogP contribution is 2.15. The minimum atomic E-state index is -0.758. The van der Waals surface area contributed by atoms with Crippen LogP contribution in [0.2, 0.25) is 0 Å². The molecule has 208 valence electrons. The van der Waals surface area contributed by atoms with E-state index in [0.29, 0.717) is 12.8 Å². The molecule has 0 amide bonds. The van der Waals surface area contributed by atoms with Crippen LogP contribution < -0.4 is 0 Å². The van der Waals surface area contributed by atoms with E-state index in [1.807, 2.05) is 0 Å². The summed E-state index contributed by atoms with van der Waals surface area (Å²) in [6, 6.07) is 0. The lowest BCUT2D eigenvalue weighted by molar-refractivity contribution is -0.161. The number of carbonyl (C=O) groups excluding carboxylic acids is 2. The summed E-state index contributed by atoms with van der Waals surface area (Å²) in [5, 5.41) is 9.40. The van der Waals surface area contributed by atoms with Crippen LogP contribution in [0.15, 0.2) is 0 Å². The molecule has 0 fully saturated rings. The van der Waals surface area contributed by atoms with Crippen molar-refractivity contribution < 1.29 is 24.2 Å². The Balaban J connectivity index is 3.50. The Morgan fingerprint density at radius 3 is 1.51 bits per heavy atom. The van der Waals surface area contributed by atoms with Gasteiger partial charge in [-0.15, -0.1) is 0 Å². The number of esters is 2. The van der Waals surface area contributed by atoms with Crippen molar-refractivity contribution in [3.8, 4) is 0 Å². The topological polar surface area (TPSA) is 72.8 Å². The van der Waals surface area contributed by atoms with Crippen LogP contribution in [-0.4, -0.2) is 36.4 Å². The number of hydrogen-bond donors (Lipinski definition) is 1. The maximum atomic E-state index is 12.0. The van der Waals surface area contributed by atoms with Crippen LogP contribution in [0.5, 0.6) is 0 Å². The van der Waals surface area contributed by atoms with Crippen molar-refractivity contribution in [2.45, 2.75) is 162 Å². The van der Waals surface area contributed by atoms with E-state index in [-0.39, 0.29) is 25.2 Å². The van der Waals surface area contributed by atoms with Crippen LogP contribution in [0.1, 0.15) is 156 Å². The van der Waals surface area contributed by atoms with Gasteiger partial charge in [0.1, 0.15) is 6.61 Å². The van der Waals surface area contributed by atoms with Gasteiger partial charge in [-0.05, 0) is 18.8 Å². The van der Waals surface area contributed by atoms with E-state index in [1.165, 1.54) is 83.5 Å². The monoisotopic (exact) mass is 498 g/mol. The van der Waals surface area contributed by atoms with E-state index in [2.05, 4.69) is 20.8 Å². The number of unbranched alkanes of at least 4 members (excludes halogenated alkanes) is 16. The van der Waals surface area contributed by atoms with Gasteiger partial charge in [0, 0.05) is 12.8 Å². The van der Waals surface area contributed by atoms with Crippen LogP contribution >= 0.6 is 0 Å². The molecule has 5 heteroatoms. The maximum Gasteiger partial charge on any atom is 0.306 e. The molecule has 0 aromatic carbocycles. The van der Waals surface area contributed by atoms with E-state index in [4.69, 9.17) is 9.47 Å². The van der Waals surface area contributed by atoms with Gasteiger partial charge in [0.25, 0.3) is 0 Å². The summed E-state index contributed by atoms with van der Waals surface area (Å²) in [5.74, 6) is 0.247. The highest BCUT2D eigenvalue weighted by atomic mass is 16.6. The van der Waals surface area contributed by atoms with Gasteiger partial charge < -0.3 is 14.6 Å². The molecule has 5 nitrogen and oxygen atoms in total. The largest absolute Gasteiger partial charge is 0.462 e. The van der Waals surface area contributed by atoms with Crippen molar-refractivity contribution in [2.24, 2.45) is 5.92 Å². The first-order chi connectivity index (χ1) is 17.0. The summed E-state index contributed by atoms with van der Waals surface area (Å²) >= 11 is 0. The van der Waals surface area contributed by atoms with Crippen LogP contribution in [0.25, 0.3) is 0 Å². The number of rotatable bonds is 26. The minimum absolute atomic E-state index is 0.0613. The first kappa shape index (κ1) is 33.9. The molecule has 0 aromatic rings. The lowest BCUT2D eigenvalue weighted by Crippen LogP contribution is -2.28. The van der Waals surface area contributed by atoms with Crippen molar-refractivity contribution in [1.29, 1.82) is 0 Å². The molecule has 0 radical (unpaired) electrons. The third-order valence-corrected chi connectivity index (χ3v) is 6.58. The molecule has 35 heavy (non-hydrogen) atoms. The number of aliphatic hydroxyl groups is 1. The zero-order valence-corrected chi connectivity index (χ0v) is 23.5. The average Bonchev–Trinajstić information content (AvgIpc) is 2.83. The molecule has 0 heterocycles. The molecular formula is C30H58O5. The van der Waals surface area contributed by atoms with Crippen molar-refractivity contribution in [3.05, 3.63) is 0 Å². The SMILES string of the molecule is CCCCCCCC(=O)OC[C@H](CO)OC(=O)CCCCCCCCCCCCCCCC(C)C. The third-order valence-electron chi connectivity index (χ3n) is 6.58. The van der Waals surface area contributed by atoms with E-state index in [9.17, 15) is 14.7 Å². The highest BCUT2D eigenvalue weighted by molar-refractivity contribution is 5.70. The van der Waals surface area contributed by atoms with Crippen molar-refractivity contribution in [1.82, 2.24) is 0 Å². The van der Waals surface area contributed by atoms with Gasteiger partial charge in [0.05, 0.1) is 6.61 Å². The summed E-state index contributed by atoms with van der Waals surface area (Å²) < 4.78 is 10.4. The van der Waals surface area contributed by atoms with E-state index in [1.54, 1.807) is 0 Å². The van der Waals surface area contributed by atoms with Gasteiger partial charge in [-0.3, -0.25) is 9.59 Å². The van der Waals surface area contributed by atoms with Crippen LogP contribution in [0, 0.1) is 5.92 Å². The summed E-state index contributed by atoms with van der Waals surface area (Å²) in [6.45, 7) is 6.39. The Morgan fingerprint density at radius 2 is 1.06 bits per heavy atom. The fraction of sp³-hybridized carbons (Fsp3) is 0.933. The Morgan fingerprint density at radius 1 is 0.629 bits per heavy atom. The van der Waals surface area contributed by atoms with Gasteiger partial charge in [-0.2, -0.15) is 0 Å². The van der Waals surface area contributed by atoms with Gasteiger partial charge in [0.2, 0.25) is 0 Å². The fourth-order valence-electron chi connectivity index (χ4n) is 4.27. The smallest absolute Gasteiger partial charge is 0.306 e.